The van der Waals surface area contributed by atoms with Gasteiger partial charge in [0.05, 0.1) is 6.54 Å². The first-order chi connectivity index (χ1) is 8.59. The lowest BCUT2D eigenvalue weighted by Gasteiger charge is -2.30. The number of aryl methyl sites for hydroxylation is 1. The summed E-state index contributed by atoms with van der Waals surface area (Å²) in [5, 5.41) is 0. The number of amides is 1. The van der Waals surface area contributed by atoms with Crippen LogP contribution in [0.3, 0.4) is 0 Å². The van der Waals surface area contributed by atoms with E-state index in [1.807, 2.05) is 38.1 Å². The van der Waals surface area contributed by atoms with Crippen LogP contribution in [0.2, 0.25) is 0 Å². The SMILES string of the molecule is Cc1ccccc1C(=O)CN1CCCC(C)C1=O. The van der Waals surface area contributed by atoms with Crippen LogP contribution < -0.4 is 0 Å². The van der Waals surface area contributed by atoms with Crippen LogP contribution >= 0.6 is 0 Å². The van der Waals surface area contributed by atoms with Crippen LogP contribution in [0, 0.1) is 12.8 Å². The Morgan fingerprint density at radius 3 is 2.83 bits per heavy atom. The van der Waals surface area contributed by atoms with Crippen LogP contribution in [0.4, 0.5) is 0 Å². The molecule has 1 aliphatic heterocycles. The Hall–Kier alpha value is -1.64. The molecule has 0 radical (unpaired) electrons. The summed E-state index contributed by atoms with van der Waals surface area (Å²) in [7, 11) is 0. The Balaban J connectivity index is 2.08. The zero-order chi connectivity index (χ0) is 13.1. The Bertz CT molecular complexity index is 467. The quantitative estimate of drug-likeness (QED) is 0.767. The van der Waals surface area contributed by atoms with E-state index in [1.54, 1.807) is 4.90 Å². The summed E-state index contributed by atoms with van der Waals surface area (Å²) >= 11 is 0. The van der Waals surface area contributed by atoms with E-state index in [9.17, 15) is 9.59 Å². The average molecular weight is 245 g/mol. The number of hydrogen-bond donors (Lipinski definition) is 0. The maximum absolute atomic E-state index is 12.2. The van der Waals surface area contributed by atoms with Gasteiger partial charge in [-0.15, -0.1) is 0 Å². The number of ketones is 1. The molecule has 1 aromatic rings. The third kappa shape index (κ3) is 2.61. The molecule has 1 unspecified atom stereocenters. The molecule has 0 bridgehead atoms. The Labute approximate surface area is 108 Å². The molecule has 96 valence electrons. The van der Waals surface area contributed by atoms with Gasteiger partial charge in [0, 0.05) is 18.0 Å². The monoisotopic (exact) mass is 245 g/mol. The van der Waals surface area contributed by atoms with Crippen LogP contribution in [-0.2, 0) is 4.79 Å². The van der Waals surface area contributed by atoms with Gasteiger partial charge in [-0.1, -0.05) is 31.2 Å². The van der Waals surface area contributed by atoms with Crippen molar-refractivity contribution in [1.82, 2.24) is 4.90 Å². The Morgan fingerprint density at radius 1 is 1.39 bits per heavy atom. The maximum atomic E-state index is 12.2. The minimum absolute atomic E-state index is 0.0375. The van der Waals surface area contributed by atoms with Crippen molar-refractivity contribution in [3.05, 3.63) is 35.4 Å². The summed E-state index contributed by atoms with van der Waals surface area (Å²) in [6, 6.07) is 7.53. The Kier molecular flexibility index (Phi) is 3.80. The standard InChI is InChI=1S/C15H19NO2/c1-11-6-3-4-8-13(11)14(17)10-16-9-5-7-12(2)15(16)18/h3-4,6,8,12H,5,7,9-10H2,1-2H3. The molecule has 1 atom stereocenters. The predicted octanol–water partition coefficient (Wildman–Crippen LogP) is 2.44. The average Bonchev–Trinajstić information content (AvgIpc) is 2.35. The van der Waals surface area contributed by atoms with Gasteiger partial charge < -0.3 is 4.90 Å². The molecule has 3 nitrogen and oxygen atoms in total. The van der Waals surface area contributed by atoms with Gasteiger partial charge in [-0.05, 0) is 25.3 Å². The summed E-state index contributed by atoms with van der Waals surface area (Å²) < 4.78 is 0. The molecule has 1 heterocycles. The van der Waals surface area contributed by atoms with Crippen molar-refractivity contribution in [3.8, 4) is 0 Å². The second-order valence-corrected chi connectivity index (χ2v) is 5.04. The van der Waals surface area contributed by atoms with Gasteiger partial charge in [0.15, 0.2) is 5.78 Å². The molecule has 0 saturated carbocycles. The van der Waals surface area contributed by atoms with Crippen molar-refractivity contribution in [2.45, 2.75) is 26.7 Å². The largest absolute Gasteiger partial charge is 0.335 e. The molecule has 0 aromatic heterocycles. The van der Waals surface area contributed by atoms with Crippen molar-refractivity contribution >= 4 is 11.7 Å². The highest BCUT2D eigenvalue weighted by molar-refractivity contribution is 6.00. The topological polar surface area (TPSA) is 37.4 Å². The summed E-state index contributed by atoms with van der Waals surface area (Å²) in [6.45, 7) is 4.79. The van der Waals surface area contributed by atoms with E-state index in [0.29, 0.717) is 6.54 Å². The van der Waals surface area contributed by atoms with Crippen LogP contribution in [0.1, 0.15) is 35.7 Å². The zero-order valence-electron chi connectivity index (χ0n) is 11.0. The molecule has 0 aliphatic carbocycles. The first-order valence-corrected chi connectivity index (χ1v) is 6.47. The van der Waals surface area contributed by atoms with Crippen LogP contribution in [0.25, 0.3) is 0 Å². The first kappa shape index (κ1) is 12.8. The molecule has 0 spiro atoms. The summed E-state index contributed by atoms with van der Waals surface area (Å²) in [5.41, 5.74) is 1.70. The van der Waals surface area contributed by atoms with E-state index in [4.69, 9.17) is 0 Å². The lowest BCUT2D eigenvalue weighted by Crippen LogP contribution is -2.43. The molecule has 1 aliphatic rings. The van der Waals surface area contributed by atoms with Crippen molar-refractivity contribution < 1.29 is 9.59 Å². The number of carbonyl (C=O) groups is 2. The molecule has 1 saturated heterocycles. The van der Waals surface area contributed by atoms with E-state index < -0.39 is 0 Å². The van der Waals surface area contributed by atoms with Gasteiger partial charge in [-0.25, -0.2) is 0 Å². The normalized spacial score (nSPS) is 20.0. The summed E-state index contributed by atoms with van der Waals surface area (Å²) in [6.07, 6.45) is 1.93. The number of rotatable bonds is 3. The Morgan fingerprint density at radius 2 is 2.11 bits per heavy atom. The molecule has 1 amide bonds. The molecule has 1 aromatic carbocycles. The number of carbonyl (C=O) groups excluding carboxylic acids is 2. The van der Waals surface area contributed by atoms with Gasteiger partial charge in [-0.2, -0.15) is 0 Å². The number of likely N-dealkylation sites (tertiary alicyclic amines) is 1. The van der Waals surface area contributed by atoms with Gasteiger partial charge >= 0.3 is 0 Å². The summed E-state index contributed by atoms with van der Waals surface area (Å²) in [5.74, 6) is 0.210. The highest BCUT2D eigenvalue weighted by Crippen LogP contribution is 2.18. The van der Waals surface area contributed by atoms with Crippen LogP contribution in [0.15, 0.2) is 24.3 Å². The number of nitrogens with zero attached hydrogens (tertiary/aromatic N) is 1. The zero-order valence-corrected chi connectivity index (χ0v) is 11.0. The van der Waals surface area contributed by atoms with E-state index >= 15 is 0 Å². The highest BCUT2D eigenvalue weighted by Gasteiger charge is 2.26. The molecule has 1 fully saturated rings. The molecule has 2 rings (SSSR count). The number of Topliss-reactive ketones (excluding diaryl/α,β-unsaturated/α-hetero) is 1. The molecular formula is C15H19NO2. The molecule has 3 heteroatoms. The van der Waals surface area contributed by atoms with Crippen LogP contribution in [0.5, 0.6) is 0 Å². The maximum Gasteiger partial charge on any atom is 0.225 e. The van der Waals surface area contributed by atoms with E-state index in [-0.39, 0.29) is 24.2 Å². The van der Waals surface area contributed by atoms with Crippen molar-refractivity contribution in [1.29, 1.82) is 0 Å². The lowest BCUT2D eigenvalue weighted by molar-refractivity contribution is -0.137. The number of hydrogen-bond acceptors (Lipinski definition) is 2. The number of piperidine rings is 1. The van der Waals surface area contributed by atoms with E-state index in [0.717, 1.165) is 24.0 Å². The third-order valence-electron chi connectivity index (χ3n) is 3.58. The molecular weight excluding hydrogens is 226 g/mol. The second-order valence-electron chi connectivity index (χ2n) is 5.04. The van der Waals surface area contributed by atoms with Crippen LogP contribution in [-0.4, -0.2) is 29.7 Å². The minimum Gasteiger partial charge on any atom is -0.335 e. The fourth-order valence-electron chi connectivity index (χ4n) is 2.43. The molecule has 18 heavy (non-hydrogen) atoms. The van der Waals surface area contributed by atoms with Crippen molar-refractivity contribution in [2.24, 2.45) is 5.92 Å². The second kappa shape index (κ2) is 5.34. The van der Waals surface area contributed by atoms with Gasteiger partial charge in [0.2, 0.25) is 5.91 Å². The van der Waals surface area contributed by atoms with Crippen molar-refractivity contribution in [3.63, 3.8) is 0 Å². The smallest absolute Gasteiger partial charge is 0.225 e. The molecule has 0 N–H and O–H groups in total. The predicted molar refractivity (Wildman–Crippen MR) is 70.5 cm³/mol. The van der Waals surface area contributed by atoms with Crippen molar-refractivity contribution in [2.75, 3.05) is 13.1 Å². The first-order valence-electron chi connectivity index (χ1n) is 6.47. The fraction of sp³-hybridized carbons (Fsp3) is 0.467. The third-order valence-corrected chi connectivity index (χ3v) is 3.58. The number of benzene rings is 1. The lowest BCUT2D eigenvalue weighted by atomic mass is 9.98. The van der Waals surface area contributed by atoms with Gasteiger partial charge in [-0.3, -0.25) is 9.59 Å². The van der Waals surface area contributed by atoms with E-state index in [1.165, 1.54) is 0 Å². The fourth-order valence-corrected chi connectivity index (χ4v) is 2.43. The van der Waals surface area contributed by atoms with Gasteiger partial charge in [0.25, 0.3) is 0 Å². The highest BCUT2D eigenvalue weighted by atomic mass is 16.2. The van der Waals surface area contributed by atoms with Gasteiger partial charge in [0.1, 0.15) is 0 Å². The minimum atomic E-state index is 0.0375. The summed E-state index contributed by atoms with van der Waals surface area (Å²) in [4.78, 5) is 25.8. The van der Waals surface area contributed by atoms with E-state index in [2.05, 4.69) is 0 Å².